The number of nitrogens with one attached hydrogen (secondary N) is 2. The van der Waals surface area contributed by atoms with Crippen molar-refractivity contribution in [1.82, 2.24) is 19.8 Å². The van der Waals surface area contributed by atoms with E-state index in [1.807, 2.05) is 14.0 Å². The average molecular weight is 246 g/mol. The van der Waals surface area contributed by atoms with Crippen molar-refractivity contribution < 1.29 is 8.42 Å². The van der Waals surface area contributed by atoms with E-state index < -0.39 is 10.0 Å². The Hall–Kier alpha value is -0.920. The van der Waals surface area contributed by atoms with Gasteiger partial charge in [0.1, 0.15) is 0 Å². The molecule has 0 amide bonds. The summed E-state index contributed by atoms with van der Waals surface area (Å²) in [6.07, 6.45) is 1.46. The van der Waals surface area contributed by atoms with E-state index in [-0.39, 0.29) is 10.9 Å². The van der Waals surface area contributed by atoms with E-state index in [4.69, 9.17) is 0 Å². The lowest BCUT2D eigenvalue weighted by molar-refractivity contribution is 0.513. The first-order valence-corrected chi connectivity index (χ1v) is 6.58. The predicted octanol–water partition coefficient (Wildman–Crippen LogP) is -0.446. The monoisotopic (exact) mass is 246 g/mol. The zero-order chi connectivity index (χ0) is 12.2. The molecule has 0 aromatic carbocycles. The molecule has 1 unspecified atom stereocenters. The Morgan fingerprint density at radius 2 is 2.19 bits per heavy atom. The Kier molecular flexibility index (Phi) is 4.45. The predicted molar refractivity (Wildman–Crippen MR) is 61.5 cm³/mol. The fourth-order valence-electron chi connectivity index (χ4n) is 1.37. The van der Waals surface area contributed by atoms with Gasteiger partial charge in [0.25, 0.3) is 10.0 Å². The largest absolute Gasteiger partial charge is 0.319 e. The van der Waals surface area contributed by atoms with Crippen LogP contribution in [0.2, 0.25) is 0 Å². The van der Waals surface area contributed by atoms with E-state index in [2.05, 4.69) is 15.1 Å². The minimum Gasteiger partial charge on any atom is -0.319 e. The lowest BCUT2D eigenvalue weighted by atomic mass is 10.2. The van der Waals surface area contributed by atoms with Crippen LogP contribution >= 0.6 is 0 Å². The van der Waals surface area contributed by atoms with Gasteiger partial charge in [-0.3, -0.25) is 4.68 Å². The van der Waals surface area contributed by atoms with E-state index in [9.17, 15) is 8.42 Å². The van der Waals surface area contributed by atoms with Gasteiger partial charge in [0.05, 0.1) is 6.20 Å². The summed E-state index contributed by atoms with van der Waals surface area (Å²) in [4.78, 5) is 0. The number of hydrogen-bond donors (Lipinski definition) is 2. The highest BCUT2D eigenvalue weighted by Crippen LogP contribution is 2.06. The minimum atomic E-state index is -3.44. The van der Waals surface area contributed by atoms with Crippen molar-refractivity contribution in [3.8, 4) is 0 Å². The van der Waals surface area contributed by atoms with Crippen LogP contribution in [0.15, 0.2) is 17.3 Å². The summed E-state index contributed by atoms with van der Waals surface area (Å²) in [6.45, 7) is 3.16. The fraction of sp³-hybridized carbons (Fsp3) is 0.667. The molecule has 1 heterocycles. The highest BCUT2D eigenvalue weighted by Gasteiger charge is 2.18. The van der Waals surface area contributed by atoms with Crippen molar-refractivity contribution in [3.05, 3.63) is 12.3 Å². The van der Waals surface area contributed by atoms with E-state index in [1.165, 1.54) is 16.9 Å². The first kappa shape index (κ1) is 13.1. The van der Waals surface area contributed by atoms with Gasteiger partial charge in [-0.15, -0.1) is 0 Å². The molecule has 92 valence electrons. The third-order valence-corrected chi connectivity index (χ3v) is 3.72. The van der Waals surface area contributed by atoms with Crippen LogP contribution in [0, 0.1) is 5.92 Å². The summed E-state index contributed by atoms with van der Waals surface area (Å²) in [5, 5.41) is 7.01. The minimum absolute atomic E-state index is 0.184. The van der Waals surface area contributed by atoms with Crippen LogP contribution in [0.3, 0.4) is 0 Å². The van der Waals surface area contributed by atoms with Crippen molar-refractivity contribution >= 4 is 10.0 Å². The van der Waals surface area contributed by atoms with Crippen LogP contribution in [0.5, 0.6) is 0 Å². The molecular weight excluding hydrogens is 228 g/mol. The number of hydrogen-bond acceptors (Lipinski definition) is 4. The Morgan fingerprint density at radius 1 is 1.50 bits per heavy atom. The SMILES string of the molecule is CNCC(C)CNS(=O)(=O)c1ccnn1C. The number of rotatable bonds is 6. The highest BCUT2D eigenvalue weighted by atomic mass is 32.2. The van der Waals surface area contributed by atoms with Gasteiger partial charge in [-0.25, -0.2) is 13.1 Å². The van der Waals surface area contributed by atoms with Crippen LogP contribution in [0.1, 0.15) is 6.92 Å². The number of nitrogens with zero attached hydrogens (tertiary/aromatic N) is 2. The third-order valence-electron chi connectivity index (χ3n) is 2.23. The summed E-state index contributed by atoms with van der Waals surface area (Å²) >= 11 is 0. The molecule has 0 fully saturated rings. The molecule has 7 heteroatoms. The lowest BCUT2D eigenvalue weighted by Crippen LogP contribution is -2.33. The van der Waals surface area contributed by atoms with Crippen molar-refractivity contribution in [1.29, 1.82) is 0 Å². The van der Waals surface area contributed by atoms with Crippen LogP contribution in [-0.4, -0.2) is 38.3 Å². The van der Waals surface area contributed by atoms with Crippen LogP contribution in [0.25, 0.3) is 0 Å². The molecule has 6 nitrogen and oxygen atoms in total. The zero-order valence-electron chi connectivity index (χ0n) is 9.77. The maximum absolute atomic E-state index is 11.8. The number of aryl methyl sites for hydroxylation is 1. The molecular formula is C9H18N4O2S. The molecule has 0 spiro atoms. The van der Waals surface area contributed by atoms with Crippen molar-refractivity contribution in [2.45, 2.75) is 11.9 Å². The zero-order valence-corrected chi connectivity index (χ0v) is 10.6. The molecule has 2 N–H and O–H groups in total. The van der Waals surface area contributed by atoms with E-state index in [0.717, 1.165) is 6.54 Å². The summed E-state index contributed by atoms with van der Waals surface area (Å²) < 4.78 is 27.6. The van der Waals surface area contributed by atoms with Crippen LogP contribution in [-0.2, 0) is 17.1 Å². The molecule has 1 atom stereocenters. The smallest absolute Gasteiger partial charge is 0.257 e. The van der Waals surface area contributed by atoms with Gasteiger partial charge >= 0.3 is 0 Å². The first-order valence-electron chi connectivity index (χ1n) is 5.09. The maximum Gasteiger partial charge on any atom is 0.257 e. The second-order valence-electron chi connectivity index (χ2n) is 3.81. The Balaban J connectivity index is 2.63. The van der Waals surface area contributed by atoms with Gasteiger partial charge in [0, 0.05) is 13.6 Å². The van der Waals surface area contributed by atoms with Crippen molar-refractivity contribution in [2.24, 2.45) is 13.0 Å². The molecule has 1 aromatic rings. The Labute approximate surface area is 96.1 Å². The molecule has 16 heavy (non-hydrogen) atoms. The van der Waals surface area contributed by atoms with Gasteiger partial charge in [-0.05, 0) is 25.6 Å². The van der Waals surface area contributed by atoms with E-state index >= 15 is 0 Å². The molecule has 1 rings (SSSR count). The van der Waals surface area contributed by atoms with Gasteiger partial charge in [0.15, 0.2) is 5.03 Å². The Morgan fingerprint density at radius 3 is 2.69 bits per heavy atom. The lowest BCUT2D eigenvalue weighted by Gasteiger charge is -2.12. The van der Waals surface area contributed by atoms with E-state index in [0.29, 0.717) is 6.54 Å². The van der Waals surface area contributed by atoms with E-state index in [1.54, 1.807) is 7.05 Å². The maximum atomic E-state index is 11.8. The van der Waals surface area contributed by atoms with Crippen molar-refractivity contribution in [3.63, 3.8) is 0 Å². The quantitative estimate of drug-likeness (QED) is 0.713. The summed E-state index contributed by atoms with van der Waals surface area (Å²) in [7, 11) is 0.00386. The van der Waals surface area contributed by atoms with Gasteiger partial charge in [0.2, 0.25) is 0 Å². The molecule has 0 aliphatic heterocycles. The summed E-state index contributed by atoms with van der Waals surface area (Å²) in [6, 6.07) is 1.48. The van der Waals surface area contributed by atoms with Crippen molar-refractivity contribution in [2.75, 3.05) is 20.1 Å². The van der Waals surface area contributed by atoms with Crippen LogP contribution < -0.4 is 10.0 Å². The standard InChI is InChI=1S/C9H18N4O2S/c1-8(6-10-2)7-12-16(14,15)9-4-5-11-13(9)3/h4-5,8,10,12H,6-7H2,1-3H3. The fourth-order valence-corrected chi connectivity index (χ4v) is 2.66. The molecule has 0 saturated heterocycles. The summed E-state index contributed by atoms with van der Waals surface area (Å²) in [5.41, 5.74) is 0. The molecule has 0 saturated carbocycles. The second-order valence-corrected chi connectivity index (χ2v) is 5.52. The highest BCUT2D eigenvalue weighted by molar-refractivity contribution is 7.89. The molecule has 0 radical (unpaired) electrons. The van der Waals surface area contributed by atoms with Gasteiger partial charge in [-0.2, -0.15) is 5.10 Å². The van der Waals surface area contributed by atoms with Gasteiger partial charge < -0.3 is 5.32 Å². The second kappa shape index (κ2) is 5.42. The summed E-state index contributed by atoms with van der Waals surface area (Å²) in [5.74, 6) is 0.244. The molecule has 1 aromatic heterocycles. The number of sulfonamides is 1. The third kappa shape index (κ3) is 3.29. The topological polar surface area (TPSA) is 76.0 Å². The van der Waals surface area contributed by atoms with Gasteiger partial charge in [-0.1, -0.05) is 6.92 Å². The normalized spacial score (nSPS) is 13.9. The first-order chi connectivity index (χ1) is 7.47. The van der Waals surface area contributed by atoms with Crippen LogP contribution in [0.4, 0.5) is 0 Å². The molecule has 0 aliphatic carbocycles. The number of aromatic nitrogens is 2. The molecule has 0 aliphatic rings. The molecule has 0 bridgehead atoms. The average Bonchev–Trinajstić information content (AvgIpc) is 2.63. The Bertz CT molecular complexity index is 426.